The lowest BCUT2D eigenvalue weighted by molar-refractivity contribution is 0.580. The van der Waals surface area contributed by atoms with E-state index < -0.39 is 0 Å². The maximum absolute atomic E-state index is 4.41. The molecule has 1 aliphatic rings. The first-order valence-corrected chi connectivity index (χ1v) is 5.73. The fourth-order valence-corrected chi connectivity index (χ4v) is 2.13. The van der Waals surface area contributed by atoms with Crippen molar-refractivity contribution < 1.29 is 0 Å². The number of aromatic nitrogens is 2. The molecule has 1 saturated carbocycles. The molecule has 1 fully saturated rings. The minimum absolute atomic E-state index is 0.877. The molecule has 3 rings (SSSR count). The molecule has 1 aromatic heterocycles. The van der Waals surface area contributed by atoms with Crippen molar-refractivity contribution in [1.29, 1.82) is 0 Å². The van der Waals surface area contributed by atoms with Crippen molar-refractivity contribution in [2.75, 3.05) is 0 Å². The van der Waals surface area contributed by atoms with E-state index in [4.69, 9.17) is 0 Å². The zero-order chi connectivity index (χ0) is 9.54. The molecule has 0 radical (unpaired) electrons. The van der Waals surface area contributed by atoms with E-state index in [1.165, 1.54) is 23.7 Å². The highest BCUT2D eigenvalue weighted by molar-refractivity contribution is 9.10. The van der Waals surface area contributed by atoms with Gasteiger partial charge in [0, 0.05) is 16.4 Å². The van der Waals surface area contributed by atoms with Gasteiger partial charge in [0.05, 0.1) is 11.7 Å². The third-order valence-electron chi connectivity index (χ3n) is 2.73. The van der Waals surface area contributed by atoms with Crippen LogP contribution in [0.15, 0.2) is 28.9 Å². The first-order valence-electron chi connectivity index (χ1n) is 4.94. The Labute approximate surface area is 91.0 Å². The molecule has 72 valence electrons. The average Bonchev–Trinajstić information content (AvgIpc) is 2.89. The fourth-order valence-electron chi connectivity index (χ4n) is 1.75. The summed E-state index contributed by atoms with van der Waals surface area (Å²) in [6.45, 7) is 1.09. The second-order valence-electron chi connectivity index (χ2n) is 3.97. The monoisotopic (exact) mass is 250 g/mol. The lowest BCUT2D eigenvalue weighted by atomic mass is 10.2. The van der Waals surface area contributed by atoms with Gasteiger partial charge in [-0.3, -0.25) is 4.68 Å². The van der Waals surface area contributed by atoms with Crippen LogP contribution in [0.2, 0.25) is 0 Å². The number of benzene rings is 1. The maximum Gasteiger partial charge on any atom is 0.0683 e. The first kappa shape index (κ1) is 8.48. The zero-order valence-electron chi connectivity index (χ0n) is 7.78. The summed E-state index contributed by atoms with van der Waals surface area (Å²) >= 11 is 3.47. The van der Waals surface area contributed by atoms with E-state index in [9.17, 15) is 0 Å². The van der Waals surface area contributed by atoms with Gasteiger partial charge in [-0.15, -0.1) is 0 Å². The van der Waals surface area contributed by atoms with Crippen LogP contribution in [0.5, 0.6) is 0 Å². The predicted octanol–water partition coefficient (Wildman–Crippen LogP) is 3.21. The Balaban J connectivity index is 2.06. The summed E-state index contributed by atoms with van der Waals surface area (Å²) in [5.41, 5.74) is 1.25. The Kier molecular flexibility index (Phi) is 1.87. The van der Waals surface area contributed by atoms with Crippen LogP contribution < -0.4 is 0 Å². The van der Waals surface area contributed by atoms with Crippen molar-refractivity contribution in [2.45, 2.75) is 19.4 Å². The largest absolute Gasteiger partial charge is 0.265 e. The van der Waals surface area contributed by atoms with E-state index in [1.54, 1.807) is 0 Å². The predicted molar refractivity (Wildman–Crippen MR) is 60.2 cm³/mol. The number of rotatable bonds is 2. The van der Waals surface area contributed by atoms with Crippen LogP contribution in [0.25, 0.3) is 10.9 Å². The molecule has 0 spiro atoms. The quantitative estimate of drug-likeness (QED) is 0.801. The lowest BCUT2D eigenvalue weighted by Crippen LogP contribution is -2.00. The van der Waals surface area contributed by atoms with Gasteiger partial charge in [-0.25, -0.2) is 0 Å². The van der Waals surface area contributed by atoms with Crippen LogP contribution in [-0.2, 0) is 6.54 Å². The van der Waals surface area contributed by atoms with Gasteiger partial charge in [0.1, 0.15) is 0 Å². The molecule has 0 atom stereocenters. The van der Waals surface area contributed by atoms with E-state index in [0.29, 0.717) is 0 Å². The molecule has 3 heteroatoms. The van der Waals surface area contributed by atoms with Gasteiger partial charge in [-0.05, 0) is 37.0 Å². The van der Waals surface area contributed by atoms with Crippen molar-refractivity contribution in [3.05, 3.63) is 28.9 Å². The van der Waals surface area contributed by atoms with Crippen LogP contribution in [0.3, 0.4) is 0 Å². The second-order valence-corrected chi connectivity index (χ2v) is 4.89. The Bertz CT molecular complexity index is 471. The van der Waals surface area contributed by atoms with Gasteiger partial charge >= 0.3 is 0 Å². The Morgan fingerprint density at radius 1 is 1.43 bits per heavy atom. The van der Waals surface area contributed by atoms with Crippen molar-refractivity contribution >= 4 is 26.8 Å². The molecular formula is C11H11BrN2. The number of hydrogen-bond acceptors (Lipinski definition) is 1. The maximum atomic E-state index is 4.41. The highest BCUT2D eigenvalue weighted by atomic mass is 79.9. The van der Waals surface area contributed by atoms with Crippen LogP contribution in [0.4, 0.5) is 0 Å². The highest BCUT2D eigenvalue weighted by Crippen LogP contribution is 2.31. The molecule has 2 aromatic rings. The van der Waals surface area contributed by atoms with Gasteiger partial charge in [0.25, 0.3) is 0 Å². The summed E-state index contributed by atoms with van der Waals surface area (Å²) in [5, 5.41) is 5.63. The minimum Gasteiger partial charge on any atom is -0.265 e. The van der Waals surface area contributed by atoms with Crippen LogP contribution in [0, 0.1) is 5.92 Å². The standard InChI is InChI=1S/C11H11BrN2/c12-10-3-4-11-9(5-10)6-13-14(11)7-8-1-2-8/h3-6,8H,1-2,7H2. The highest BCUT2D eigenvalue weighted by Gasteiger charge is 2.22. The van der Waals surface area contributed by atoms with E-state index in [-0.39, 0.29) is 0 Å². The van der Waals surface area contributed by atoms with Gasteiger partial charge in [-0.1, -0.05) is 15.9 Å². The minimum atomic E-state index is 0.877. The van der Waals surface area contributed by atoms with Crippen molar-refractivity contribution in [3.8, 4) is 0 Å². The molecular weight excluding hydrogens is 240 g/mol. The summed E-state index contributed by atoms with van der Waals surface area (Å²) in [5.74, 6) is 0.877. The van der Waals surface area contributed by atoms with Gasteiger partial charge in [0.2, 0.25) is 0 Å². The molecule has 0 aliphatic heterocycles. The topological polar surface area (TPSA) is 17.8 Å². The summed E-state index contributed by atoms with van der Waals surface area (Å²) in [4.78, 5) is 0. The molecule has 0 amide bonds. The van der Waals surface area contributed by atoms with Crippen molar-refractivity contribution in [3.63, 3.8) is 0 Å². The van der Waals surface area contributed by atoms with Crippen LogP contribution >= 0.6 is 15.9 Å². The molecule has 1 aromatic carbocycles. The SMILES string of the molecule is Brc1ccc2c(cnn2CC2CC2)c1. The molecule has 1 heterocycles. The third kappa shape index (κ3) is 1.46. The van der Waals surface area contributed by atoms with Crippen LogP contribution in [-0.4, -0.2) is 9.78 Å². The summed E-state index contributed by atoms with van der Waals surface area (Å²) in [6.07, 6.45) is 4.69. The van der Waals surface area contributed by atoms with Crippen molar-refractivity contribution in [2.24, 2.45) is 5.92 Å². The molecule has 0 saturated heterocycles. The molecule has 2 nitrogen and oxygen atoms in total. The van der Waals surface area contributed by atoms with Crippen LogP contribution in [0.1, 0.15) is 12.8 Å². The number of fused-ring (bicyclic) bond motifs is 1. The smallest absolute Gasteiger partial charge is 0.0683 e. The number of hydrogen-bond donors (Lipinski definition) is 0. The normalized spacial score (nSPS) is 16.4. The molecule has 0 bridgehead atoms. The summed E-state index contributed by atoms with van der Waals surface area (Å²) < 4.78 is 3.25. The van der Waals surface area contributed by atoms with E-state index in [2.05, 4.69) is 43.9 Å². The number of halogens is 1. The first-order chi connectivity index (χ1) is 6.83. The van der Waals surface area contributed by atoms with E-state index >= 15 is 0 Å². The number of nitrogens with zero attached hydrogens (tertiary/aromatic N) is 2. The lowest BCUT2D eigenvalue weighted by Gasteiger charge is -2.01. The Hall–Kier alpha value is -0.830. The molecule has 0 N–H and O–H groups in total. The third-order valence-corrected chi connectivity index (χ3v) is 3.23. The van der Waals surface area contributed by atoms with E-state index in [1.807, 2.05) is 6.20 Å². The van der Waals surface area contributed by atoms with Gasteiger partial charge in [-0.2, -0.15) is 5.10 Å². The van der Waals surface area contributed by atoms with Crippen molar-refractivity contribution in [1.82, 2.24) is 9.78 Å². The molecule has 0 unspecified atom stereocenters. The van der Waals surface area contributed by atoms with Gasteiger partial charge < -0.3 is 0 Å². The summed E-state index contributed by atoms with van der Waals surface area (Å²) in [7, 11) is 0. The Morgan fingerprint density at radius 2 is 2.29 bits per heavy atom. The zero-order valence-corrected chi connectivity index (χ0v) is 9.37. The molecule has 14 heavy (non-hydrogen) atoms. The average molecular weight is 251 g/mol. The summed E-state index contributed by atoms with van der Waals surface area (Å²) in [6, 6.07) is 6.33. The Morgan fingerprint density at radius 3 is 3.07 bits per heavy atom. The van der Waals surface area contributed by atoms with Gasteiger partial charge in [0.15, 0.2) is 0 Å². The van der Waals surface area contributed by atoms with E-state index in [0.717, 1.165) is 16.9 Å². The fraction of sp³-hybridized carbons (Fsp3) is 0.364. The second kappa shape index (κ2) is 3.09. The molecule has 1 aliphatic carbocycles.